The zero-order chi connectivity index (χ0) is 16.4. The highest BCUT2D eigenvalue weighted by atomic mass is 16.5. The van der Waals surface area contributed by atoms with Gasteiger partial charge in [-0.3, -0.25) is 0 Å². The first-order valence-corrected chi connectivity index (χ1v) is 7.27. The molecule has 6 heteroatoms. The van der Waals surface area contributed by atoms with Crippen molar-refractivity contribution in [3.8, 4) is 11.5 Å². The third-order valence-electron chi connectivity index (χ3n) is 3.91. The van der Waals surface area contributed by atoms with Gasteiger partial charge in [0.1, 0.15) is 23.3 Å². The summed E-state index contributed by atoms with van der Waals surface area (Å²) < 4.78 is 15.9. The van der Waals surface area contributed by atoms with E-state index in [1.54, 1.807) is 19.4 Å². The molecule has 0 radical (unpaired) electrons. The van der Waals surface area contributed by atoms with Gasteiger partial charge in [0.05, 0.1) is 14.2 Å². The summed E-state index contributed by atoms with van der Waals surface area (Å²) in [5.74, 6) is 0.966. The summed E-state index contributed by atoms with van der Waals surface area (Å²) in [5.41, 5.74) is 8.33. The SMILES string of the molecule is COC(=O)c1ccc([C@H]2C[C@@H](N)c3ccc(OC)cc3O2)cn1. The van der Waals surface area contributed by atoms with Gasteiger partial charge in [0.2, 0.25) is 0 Å². The predicted molar refractivity (Wildman–Crippen MR) is 83.5 cm³/mol. The zero-order valence-corrected chi connectivity index (χ0v) is 13.0. The molecule has 3 rings (SSSR count). The van der Waals surface area contributed by atoms with Crippen LogP contribution in [0.3, 0.4) is 0 Å². The Kier molecular flexibility index (Phi) is 4.16. The fraction of sp³-hybridized carbons (Fsp3) is 0.294. The average molecular weight is 314 g/mol. The first kappa shape index (κ1) is 15.3. The predicted octanol–water partition coefficient (Wildman–Crippen LogP) is 2.40. The highest BCUT2D eigenvalue weighted by molar-refractivity contribution is 5.86. The van der Waals surface area contributed by atoms with Crippen LogP contribution in [0.4, 0.5) is 0 Å². The molecule has 0 amide bonds. The van der Waals surface area contributed by atoms with Crippen LogP contribution in [0.15, 0.2) is 36.5 Å². The minimum atomic E-state index is -0.465. The number of hydrogen-bond acceptors (Lipinski definition) is 6. The minimum absolute atomic E-state index is 0.130. The number of ether oxygens (including phenoxy) is 3. The van der Waals surface area contributed by atoms with Gasteiger partial charge in [0, 0.05) is 35.9 Å². The Morgan fingerprint density at radius 2 is 2.13 bits per heavy atom. The smallest absolute Gasteiger partial charge is 0.356 e. The number of fused-ring (bicyclic) bond motifs is 1. The fourth-order valence-electron chi connectivity index (χ4n) is 2.63. The summed E-state index contributed by atoms with van der Waals surface area (Å²) >= 11 is 0. The third kappa shape index (κ3) is 2.98. The van der Waals surface area contributed by atoms with Gasteiger partial charge >= 0.3 is 5.97 Å². The van der Waals surface area contributed by atoms with E-state index in [0.29, 0.717) is 12.2 Å². The Balaban J connectivity index is 1.85. The molecule has 2 atom stereocenters. The van der Waals surface area contributed by atoms with Crippen LogP contribution >= 0.6 is 0 Å². The van der Waals surface area contributed by atoms with E-state index < -0.39 is 5.97 Å². The number of benzene rings is 1. The molecule has 0 aliphatic carbocycles. The molecule has 120 valence electrons. The molecule has 1 aromatic carbocycles. The van der Waals surface area contributed by atoms with Gasteiger partial charge in [-0.15, -0.1) is 0 Å². The van der Waals surface area contributed by atoms with Crippen LogP contribution in [0.25, 0.3) is 0 Å². The molecule has 1 aliphatic rings. The summed E-state index contributed by atoms with van der Waals surface area (Å²) in [6, 6.07) is 8.93. The van der Waals surface area contributed by atoms with Crippen molar-refractivity contribution in [1.82, 2.24) is 4.98 Å². The topological polar surface area (TPSA) is 83.7 Å². The highest BCUT2D eigenvalue weighted by Gasteiger charge is 2.27. The highest BCUT2D eigenvalue weighted by Crippen LogP contribution is 2.41. The molecule has 2 aromatic rings. The van der Waals surface area contributed by atoms with E-state index in [1.165, 1.54) is 7.11 Å². The second-order valence-corrected chi connectivity index (χ2v) is 5.32. The van der Waals surface area contributed by atoms with Crippen LogP contribution in [-0.2, 0) is 4.74 Å². The normalized spacial score (nSPS) is 19.4. The second-order valence-electron chi connectivity index (χ2n) is 5.32. The number of methoxy groups -OCH3 is 2. The summed E-state index contributed by atoms with van der Waals surface area (Å²) in [5, 5.41) is 0. The monoisotopic (exact) mass is 314 g/mol. The van der Waals surface area contributed by atoms with Crippen molar-refractivity contribution in [2.75, 3.05) is 14.2 Å². The average Bonchev–Trinajstić information content (AvgIpc) is 2.60. The second kappa shape index (κ2) is 6.26. The zero-order valence-electron chi connectivity index (χ0n) is 13.0. The molecule has 1 aromatic heterocycles. The lowest BCUT2D eigenvalue weighted by molar-refractivity contribution is 0.0593. The van der Waals surface area contributed by atoms with Crippen LogP contribution in [-0.4, -0.2) is 25.2 Å². The number of aromatic nitrogens is 1. The van der Waals surface area contributed by atoms with E-state index in [4.69, 9.17) is 15.2 Å². The minimum Gasteiger partial charge on any atom is -0.497 e. The lowest BCUT2D eigenvalue weighted by atomic mass is 9.94. The van der Waals surface area contributed by atoms with Gasteiger partial charge in [0.15, 0.2) is 0 Å². The van der Waals surface area contributed by atoms with Gasteiger partial charge in [-0.25, -0.2) is 9.78 Å². The van der Waals surface area contributed by atoms with Crippen LogP contribution in [0.5, 0.6) is 11.5 Å². The van der Waals surface area contributed by atoms with Crippen molar-refractivity contribution in [2.45, 2.75) is 18.6 Å². The van der Waals surface area contributed by atoms with E-state index in [2.05, 4.69) is 9.72 Å². The first-order chi connectivity index (χ1) is 11.1. The van der Waals surface area contributed by atoms with E-state index in [1.807, 2.05) is 24.3 Å². The lowest BCUT2D eigenvalue weighted by Gasteiger charge is -2.30. The molecule has 6 nitrogen and oxygen atoms in total. The molecule has 23 heavy (non-hydrogen) atoms. The Hall–Kier alpha value is -2.60. The number of carbonyl (C=O) groups excluding carboxylic acids is 1. The quantitative estimate of drug-likeness (QED) is 0.876. The van der Waals surface area contributed by atoms with Crippen molar-refractivity contribution in [3.05, 3.63) is 53.3 Å². The number of carbonyl (C=O) groups is 1. The Labute approximate surface area is 134 Å². The number of pyridine rings is 1. The van der Waals surface area contributed by atoms with E-state index in [9.17, 15) is 4.79 Å². The largest absolute Gasteiger partial charge is 0.497 e. The van der Waals surface area contributed by atoms with Crippen LogP contribution < -0.4 is 15.2 Å². The molecule has 0 saturated heterocycles. The van der Waals surface area contributed by atoms with Gasteiger partial charge in [-0.05, 0) is 12.1 Å². The molecule has 0 fully saturated rings. The van der Waals surface area contributed by atoms with Gasteiger partial charge in [-0.2, -0.15) is 0 Å². The number of rotatable bonds is 3. The fourth-order valence-corrected chi connectivity index (χ4v) is 2.63. The number of nitrogens with two attached hydrogens (primary N) is 1. The Morgan fingerprint density at radius 3 is 2.78 bits per heavy atom. The molecular weight excluding hydrogens is 296 g/mol. The third-order valence-corrected chi connectivity index (χ3v) is 3.91. The van der Waals surface area contributed by atoms with Crippen LogP contribution in [0.2, 0.25) is 0 Å². The van der Waals surface area contributed by atoms with Crippen molar-refractivity contribution in [2.24, 2.45) is 5.73 Å². The summed E-state index contributed by atoms with van der Waals surface area (Å²) in [4.78, 5) is 15.6. The maximum absolute atomic E-state index is 11.4. The summed E-state index contributed by atoms with van der Waals surface area (Å²) in [7, 11) is 2.93. The lowest BCUT2D eigenvalue weighted by Crippen LogP contribution is -2.24. The maximum Gasteiger partial charge on any atom is 0.356 e. The number of hydrogen-bond donors (Lipinski definition) is 1. The van der Waals surface area contributed by atoms with Gasteiger partial charge < -0.3 is 19.9 Å². The summed E-state index contributed by atoms with van der Waals surface area (Å²) in [6.07, 6.45) is 2.04. The maximum atomic E-state index is 11.4. The molecular formula is C17H18N2O4. The molecule has 2 heterocycles. The van der Waals surface area contributed by atoms with Gasteiger partial charge in [0.25, 0.3) is 0 Å². The Bertz CT molecular complexity index is 715. The Morgan fingerprint density at radius 1 is 1.30 bits per heavy atom. The molecule has 1 aliphatic heterocycles. The van der Waals surface area contributed by atoms with Crippen molar-refractivity contribution in [3.63, 3.8) is 0 Å². The standard InChI is InChI=1S/C17H18N2O4/c1-21-11-4-5-12-13(18)8-15(23-16(12)7-11)10-3-6-14(19-9-10)17(20)22-2/h3-7,9,13,15H,8,18H2,1-2H3/t13-,15-/m1/s1. The van der Waals surface area contributed by atoms with Crippen LogP contribution in [0, 0.1) is 0 Å². The van der Waals surface area contributed by atoms with Crippen molar-refractivity contribution in [1.29, 1.82) is 0 Å². The van der Waals surface area contributed by atoms with Crippen molar-refractivity contribution < 1.29 is 19.0 Å². The summed E-state index contributed by atoms with van der Waals surface area (Å²) in [6.45, 7) is 0. The van der Waals surface area contributed by atoms with Gasteiger partial charge in [-0.1, -0.05) is 12.1 Å². The molecule has 0 saturated carbocycles. The molecule has 0 bridgehead atoms. The molecule has 0 unspecified atom stereocenters. The van der Waals surface area contributed by atoms with E-state index in [-0.39, 0.29) is 17.8 Å². The molecule has 0 spiro atoms. The van der Waals surface area contributed by atoms with E-state index in [0.717, 1.165) is 16.9 Å². The van der Waals surface area contributed by atoms with E-state index >= 15 is 0 Å². The molecule has 2 N–H and O–H groups in total. The first-order valence-electron chi connectivity index (χ1n) is 7.27. The number of esters is 1. The van der Waals surface area contributed by atoms with Crippen LogP contribution in [0.1, 0.15) is 40.2 Å². The number of nitrogens with zero attached hydrogens (tertiary/aromatic N) is 1. The van der Waals surface area contributed by atoms with Crippen molar-refractivity contribution >= 4 is 5.97 Å².